The average molecular weight is 528 g/mol. The highest BCUT2D eigenvalue weighted by molar-refractivity contribution is 6.33. The molecule has 1 saturated heterocycles. The molecule has 3 N–H and O–H groups in total. The van der Waals surface area contributed by atoms with Crippen molar-refractivity contribution in [1.82, 2.24) is 24.5 Å². The summed E-state index contributed by atoms with van der Waals surface area (Å²) in [6, 6.07) is 0.787. The average Bonchev–Trinajstić information content (AvgIpc) is 3.54. The molecule has 10 nitrogen and oxygen atoms in total. The molecule has 0 amide bonds. The predicted octanol–water partition coefficient (Wildman–Crippen LogP) is 2.44. The number of halogens is 4. The number of alkyl halides is 3. The first kappa shape index (κ1) is 24.9. The summed E-state index contributed by atoms with van der Waals surface area (Å²) in [5.74, 6) is 0.777. The Morgan fingerprint density at radius 2 is 2.03 bits per heavy atom. The summed E-state index contributed by atoms with van der Waals surface area (Å²) in [6.07, 6.45) is -1.13. The number of methoxy groups -OCH3 is 1. The molecule has 5 rings (SSSR count). The van der Waals surface area contributed by atoms with Crippen molar-refractivity contribution in [2.45, 2.75) is 49.2 Å². The predicted molar refractivity (Wildman–Crippen MR) is 125 cm³/mol. The Morgan fingerprint density at radius 1 is 1.22 bits per heavy atom. The van der Waals surface area contributed by atoms with Crippen LogP contribution in [0.25, 0.3) is 11.2 Å². The molecule has 1 saturated carbocycles. The third-order valence-electron chi connectivity index (χ3n) is 6.97. The van der Waals surface area contributed by atoms with Crippen LogP contribution in [-0.4, -0.2) is 79.8 Å². The minimum absolute atomic E-state index is 0.0607. The quantitative estimate of drug-likeness (QED) is 0.444. The van der Waals surface area contributed by atoms with Crippen molar-refractivity contribution in [3.63, 3.8) is 0 Å². The molecule has 0 unspecified atom stereocenters. The van der Waals surface area contributed by atoms with Crippen molar-refractivity contribution in [1.29, 1.82) is 0 Å². The van der Waals surface area contributed by atoms with Crippen molar-refractivity contribution in [3.8, 4) is 0 Å². The Morgan fingerprint density at radius 3 is 2.69 bits per heavy atom. The van der Waals surface area contributed by atoms with E-state index in [9.17, 15) is 23.4 Å². The second-order valence-corrected chi connectivity index (χ2v) is 9.61. The largest absolute Gasteiger partial charge is 0.417 e. The monoisotopic (exact) mass is 527 g/mol. The molecule has 1 aliphatic carbocycles. The fourth-order valence-corrected chi connectivity index (χ4v) is 5.44. The van der Waals surface area contributed by atoms with E-state index in [0.717, 1.165) is 12.3 Å². The number of aliphatic hydroxyl groups is 2. The van der Waals surface area contributed by atoms with Crippen molar-refractivity contribution in [2.24, 2.45) is 0 Å². The number of imidazole rings is 1. The lowest BCUT2D eigenvalue weighted by atomic mass is 9.95. The van der Waals surface area contributed by atoms with E-state index in [4.69, 9.17) is 16.3 Å². The number of aliphatic hydroxyl groups excluding tert-OH is 2. The second kappa shape index (κ2) is 9.29. The van der Waals surface area contributed by atoms with E-state index in [1.807, 2.05) is 4.90 Å². The van der Waals surface area contributed by atoms with Gasteiger partial charge in [-0.2, -0.15) is 13.2 Å². The standard InChI is InChI=1S/C22H25ClF3N7O3/c1-36-9-21(4-2-15(34)17(21)35)33-11-30-16-18(28-10-29-20(16)33)31-13-3-5-32(8-13)19-14(23)6-12(7-27-19)22(24,25)26/h6-7,10-11,13,15,17,34-35H,2-5,8-9H2,1H3,(H,28,29,31)/t13-,15-,17-,21+/m0/s1. The van der Waals surface area contributed by atoms with Crippen molar-refractivity contribution in [2.75, 3.05) is 37.0 Å². The number of nitrogens with zero attached hydrogens (tertiary/aromatic N) is 6. The molecule has 4 heterocycles. The number of hydrogen-bond acceptors (Lipinski definition) is 9. The van der Waals surface area contributed by atoms with Gasteiger partial charge in [-0.15, -0.1) is 0 Å². The first-order valence-electron chi connectivity index (χ1n) is 11.4. The summed E-state index contributed by atoms with van der Waals surface area (Å²) in [5, 5.41) is 24.3. The van der Waals surface area contributed by atoms with Gasteiger partial charge in [0, 0.05) is 32.4 Å². The van der Waals surface area contributed by atoms with E-state index in [-0.39, 0.29) is 17.7 Å². The normalized spacial score (nSPS) is 26.8. The number of fused-ring (bicyclic) bond motifs is 1. The molecule has 1 aliphatic heterocycles. The maximum absolute atomic E-state index is 12.9. The molecular formula is C22H25ClF3N7O3. The minimum atomic E-state index is -4.51. The van der Waals surface area contributed by atoms with Gasteiger partial charge in [-0.25, -0.2) is 19.9 Å². The summed E-state index contributed by atoms with van der Waals surface area (Å²) in [6.45, 7) is 1.16. The Kier molecular flexibility index (Phi) is 6.43. The van der Waals surface area contributed by atoms with Crippen molar-refractivity contribution >= 4 is 34.4 Å². The molecule has 36 heavy (non-hydrogen) atoms. The van der Waals surface area contributed by atoms with E-state index < -0.39 is 29.5 Å². The number of nitrogens with one attached hydrogen (secondary N) is 1. The van der Waals surface area contributed by atoms with Gasteiger partial charge in [0.25, 0.3) is 0 Å². The molecule has 3 aromatic heterocycles. The van der Waals surface area contributed by atoms with Crippen LogP contribution >= 0.6 is 11.6 Å². The third-order valence-corrected chi connectivity index (χ3v) is 7.25. The highest BCUT2D eigenvalue weighted by Crippen LogP contribution is 2.40. The van der Waals surface area contributed by atoms with Gasteiger partial charge >= 0.3 is 6.18 Å². The van der Waals surface area contributed by atoms with Gasteiger partial charge in [-0.1, -0.05) is 11.6 Å². The van der Waals surface area contributed by atoms with E-state index in [2.05, 4.69) is 25.3 Å². The summed E-state index contributed by atoms with van der Waals surface area (Å²) < 4.78 is 46.0. The highest BCUT2D eigenvalue weighted by atomic mass is 35.5. The maximum atomic E-state index is 12.9. The molecule has 2 fully saturated rings. The fraction of sp³-hybridized carbons (Fsp3) is 0.545. The Hall–Kier alpha value is -2.74. The van der Waals surface area contributed by atoms with E-state index >= 15 is 0 Å². The van der Waals surface area contributed by atoms with Crippen LogP contribution < -0.4 is 10.2 Å². The van der Waals surface area contributed by atoms with Gasteiger partial charge in [0.05, 0.1) is 35.2 Å². The first-order chi connectivity index (χ1) is 17.1. The molecule has 2 aliphatic rings. The zero-order valence-corrected chi connectivity index (χ0v) is 20.0. The van der Waals surface area contributed by atoms with Crippen LogP contribution in [0.1, 0.15) is 24.8 Å². The molecule has 3 aromatic rings. The van der Waals surface area contributed by atoms with Crippen LogP contribution in [0.2, 0.25) is 5.02 Å². The zero-order valence-electron chi connectivity index (χ0n) is 19.3. The summed E-state index contributed by atoms with van der Waals surface area (Å²) in [4.78, 5) is 19.0. The van der Waals surface area contributed by atoms with Crippen LogP contribution in [0.3, 0.4) is 0 Å². The molecule has 194 valence electrons. The van der Waals surface area contributed by atoms with Crippen LogP contribution in [0.5, 0.6) is 0 Å². The lowest BCUT2D eigenvalue weighted by molar-refractivity contribution is -0.137. The van der Waals surface area contributed by atoms with E-state index in [1.54, 1.807) is 10.9 Å². The van der Waals surface area contributed by atoms with Gasteiger partial charge < -0.3 is 29.7 Å². The third kappa shape index (κ3) is 4.23. The number of anilines is 2. The number of rotatable bonds is 6. The summed E-state index contributed by atoms with van der Waals surface area (Å²) in [5.41, 5.74) is -0.829. The number of pyridine rings is 1. The second-order valence-electron chi connectivity index (χ2n) is 9.20. The van der Waals surface area contributed by atoms with Gasteiger partial charge in [0.15, 0.2) is 11.5 Å². The van der Waals surface area contributed by atoms with Crippen LogP contribution in [0.15, 0.2) is 24.9 Å². The fourth-order valence-electron chi connectivity index (χ4n) is 5.15. The molecule has 14 heteroatoms. The Balaban J connectivity index is 1.37. The summed E-state index contributed by atoms with van der Waals surface area (Å²) >= 11 is 6.12. The van der Waals surface area contributed by atoms with E-state index in [1.165, 1.54) is 13.4 Å². The molecule has 0 bridgehead atoms. The van der Waals surface area contributed by atoms with Gasteiger partial charge in [0.2, 0.25) is 0 Å². The number of ether oxygens (including phenoxy) is 1. The zero-order chi connectivity index (χ0) is 25.7. The summed E-state index contributed by atoms with van der Waals surface area (Å²) in [7, 11) is 1.53. The minimum Gasteiger partial charge on any atom is -0.390 e. The van der Waals surface area contributed by atoms with Gasteiger partial charge in [0.1, 0.15) is 23.8 Å². The Labute approximate surface area is 209 Å². The number of hydrogen-bond donors (Lipinski definition) is 3. The Bertz CT molecular complexity index is 1260. The van der Waals surface area contributed by atoms with Crippen LogP contribution in [0, 0.1) is 0 Å². The van der Waals surface area contributed by atoms with E-state index in [0.29, 0.717) is 55.2 Å². The molecule has 0 radical (unpaired) electrons. The SMILES string of the molecule is COC[C@]1(n2cnc3c(N[C@H]4CCN(c5ncc(C(F)(F)F)cc5Cl)C4)ncnc32)CC[C@H](O)[C@@H]1O. The molecule has 0 spiro atoms. The molecule has 4 atom stereocenters. The van der Waals surface area contributed by atoms with Gasteiger partial charge in [-0.3, -0.25) is 0 Å². The lowest BCUT2D eigenvalue weighted by Crippen LogP contribution is -2.47. The maximum Gasteiger partial charge on any atom is 0.417 e. The van der Waals surface area contributed by atoms with Crippen molar-refractivity contribution in [3.05, 3.63) is 35.5 Å². The van der Waals surface area contributed by atoms with Crippen LogP contribution in [0.4, 0.5) is 24.8 Å². The first-order valence-corrected chi connectivity index (χ1v) is 11.8. The smallest absolute Gasteiger partial charge is 0.390 e. The lowest BCUT2D eigenvalue weighted by Gasteiger charge is -2.34. The van der Waals surface area contributed by atoms with Crippen LogP contribution in [-0.2, 0) is 16.5 Å². The molecule has 0 aromatic carbocycles. The topological polar surface area (TPSA) is 121 Å². The number of aromatic nitrogens is 5. The molecular weight excluding hydrogens is 503 g/mol. The van der Waals surface area contributed by atoms with Crippen molar-refractivity contribution < 1.29 is 28.1 Å². The van der Waals surface area contributed by atoms with Gasteiger partial charge in [-0.05, 0) is 25.3 Å². The highest BCUT2D eigenvalue weighted by Gasteiger charge is 2.50.